The summed E-state index contributed by atoms with van der Waals surface area (Å²) in [5.74, 6) is 0.121. The number of amides is 1. The predicted molar refractivity (Wildman–Crippen MR) is 79.9 cm³/mol. The Morgan fingerprint density at radius 1 is 1.42 bits per heavy atom. The average molecular weight is 272 g/mol. The van der Waals surface area contributed by atoms with E-state index in [0.717, 1.165) is 41.2 Å². The van der Waals surface area contributed by atoms with Gasteiger partial charge in [0.05, 0.1) is 4.88 Å². The number of nitrogen functional groups attached to an aromatic ring is 1. The maximum Gasteiger partial charge on any atom is 0.268 e. The molecule has 3 nitrogen and oxygen atoms in total. The molecule has 1 aliphatic rings. The van der Waals surface area contributed by atoms with E-state index >= 15 is 0 Å². The monoisotopic (exact) mass is 272 g/mol. The number of benzene rings is 1. The molecule has 19 heavy (non-hydrogen) atoms. The van der Waals surface area contributed by atoms with Crippen LogP contribution in [0.4, 0.5) is 11.4 Å². The Bertz CT molecular complexity index is 633. The summed E-state index contributed by atoms with van der Waals surface area (Å²) >= 11 is 1.53. The number of thiophene rings is 1. The minimum atomic E-state index is 0.121. The van der Waals surface area contributed by atoms with Crippen molar-refractivity contribution in [3.63, 3.8) is 0 Å². The zero-order valence-electron chi connectivity index (χ0n) is 10.8. The summed E-state index contributed by atoms with van der Waals surface area (Å²) < 4.78 is 0. The van der Waals surface area contributed by atoms with Crippen LogP contribution in [-0.4, -0.2) is 12.5 Å². The minimum absolute atomic E-state index is 0.121. The van der Waals surface area contributed by atoms with Crippen molar-refractivity contribution in [3.05, 3.63) is 45.6 Å². The van der Waals surface area contributed by atoms with Crippen LogP contribution in [-0.2, 0) is 12.8 Å². The van der Waals surface area contributed by atoms with Gasteiger partial charge in [-0.25, -0.2) is 0 Å². The summed E-state index contributed by atoms with van der Waals surface area (Å²) in [7, 11) is 0. The standard InChI is InChI=1S/C15H16N2OS/c1-2-10-6-8-19-14(10)15(18)17-7-5-11-9-12(16)3-4-13(11)17/h3-4,6,8-9H,2,5,7,16H2,1H3. The van der Waals surface area contributed by atoms with E-state index in [0.29, 0.717) is 0 Å². The first-order chi connectivity index (χ1) is 9.20. The number of aryl methyl sites for hydroxylation is 1. The number of fused-ring (bicyclic) bond motifs is 1. The minimum Gasteiger partial charge on any atom is -0.399 e. The van der Waals surface area contributed by atoms with Crippen LogP contribution in [0.2, 0.25) is 0 Å². The quantitative estimate of drug-likeness (QED) is 0.854. The molecule has 3 rings (SSSR count). The fourth-order valence-electron chi connectivity index (χ4n) is 2.56. The molecule has 0 saturated carbocycles. The molecule has 2 N–H and O–H groups in total. The molecule has 1 aromatic heterocycles. The number of hydrogen-bond donors (Lipinski definition) is 1. The van der Waals surface area contributed by atoms with Gasteiger partial charge in [0.2, 0.25) is 0 Å². The molecule has 1 amide bonds. The molecule has 0 bridgehead atoms. The van der Waals surface area contributed by atoms with E-state index in [1.807, 2.05) is 34.5 Å². The second-order valence-corrected chi connectivity index (χ2v) is 5.64. The van der Waals surface area contributed by atoms with Crippen molar-refractivity contribution in [1.29, 1.82) is 0 Å². The molecule has 2 heterocycles. The van der Waals surface area contributed by atoms with E-state index < -0.39 is 0 Å². The maximum atomic E-state index is 12.6. The third-order valence-electron chi connectivity index (χ3n) is 3.57. The molecule has 4 heteroatoms. The predicted octanol–water partition coefficient (Wildman–Crippen LogP) is 3.10. The first kappa shape index (κ1) is 12.2. The lowest BCUT2D eigenvalue weighted by Crippen LogP contribution is -2.28. The Labute approximate surface area is 116 Å². The number of rotatable bonds is 2. The molecular weight excluding hydrogens is 256 g/mol. The Morgan fingerprint density at radius 3 is 3.05 bits per heavy atom. The molecule has 0 atom stereocenters. The van der Waals surface area contributed by atoms with Crippen LogP contribution < -0.4 is 10.6 Å². The summed E-state index contributed by atoms with van der Waals surface area (Å²) in [6.45, 7) is 2.83. The van der Waals surface area contributed by atoms with Gasteiger partial charge in [-0.15, -0.1) is 11.3 Å². The van der Waals surface area contributed by atoms with E-state index in [2.05, 4.69) is 6.92 Å². The van der Waals surface area contributed by atoms with E-state index in [-0.39, 0.29) is 5.91 Å². The van der Waals surface area contributed by atoms with Crippen molar-refractivity contribution in [3.8, 4) is 0 Å². The molecule has 1 aliphatic heterocycles. The largest absolute Gasteiger partial charge is 0.399 e. The molecule has 1 aromatic carbocycles. The first-order valence-corrected chi connectivity index (χ1v) is 7.35. The highest BCUT2D eigenvalue weighted by molar-refractivity contribution is 7.12. The van der Waals surface area contributed by atoms with Crippen molar-refractivity contribution < 1.29 is 4.79 Å². The van der Waals surface area contributed by atoms with E-state index in [1.165, 1.54) is 16.9 Å². The van der Waals surface area contributed by atoms with Crippen LogP contribution in [0.25, 0.3) is 0 Å². The van der Waals surface area contributed by atoms with Gasteiger partial charge in [-0.3, -0.25) is 4.79 Å². The lowest BCUT2D eigenvalue weighted by atomic mass is 10.1. The number of hydrogen-bond acceptors (Lipinski definition) is 3. The number of anilines is 2. The van der Waals surface area contributed by atoms with E-state index in [1.54, 1.807) is 0 Å². The smallest absolute Gasteiger partial charge is 0.268 e. The summed E-state index contributed by atoms with van der Waals surface area (Å²) in [4.78, 5) is 15.4. The zero-order valence-corrected chi connectivity index (χ0v) is 11.7. The van der Waals surface area contributed by atoms with Gasteiger partial charge in [0, 0.05) is 17.9 Å². The highest BCUT2D eigenvalue weighted by Gasteiger charge is 2.27. The van der Waals surface area contributed by atoms with Gasteiger partial charge in [0.1, 0.15) is 0 Å². The molecule has 0 unspecified atom stereocenters. The average Bonchev–Trinajstić information content (AvgIpc) is 3.03. The third kappa shape index (κ3) is 2.02. The maximum absolute atomic E-state index is 12.6. The topological polar surface area (TPSA) is 46.3 Å². The number of carbonyl (C=O) groups excluding carboxylic acids is 1. The Kier molecular flexibility index (Phi) is 3.03. The Morgan fingerprint density at radius 2 is 2.26 bits per heavy atom. The van der Waals surface area contributed by atoms with Crippen molar-refractivity contribution >= 4 is 28.6 Å². The van der Waals surface area contributed by atoms with Crippen LogP contribution >= 0.6 is 11.3 Å². The lowest BCUT2D eigenvalue weighted by Gasteiger charge is -2.17. The highest BCUT2D eigenvalue weighted by atomic mass is 32.1. The van der Waals surface area contributed by atoms with Gasteiger partial charge in [-0.05, 0) is 53.6 Å². The van der Waals surface area contributed by atoms with Crippen molar-refractivity contribution in [2.24, 2.45) is 0 Å². The van der Waals surface area contributed by atoms with Crippen LogP contribution in [0, 0.1) is 0 Å². The molecule has 0 saturated heterocycles. The van der Waals surface area contributed by atoms with Gasteiger partial charge in [-0.1, -0.05) is 6.92 Å². The van der Waals surface area contributed by atoms with Gasteiger partial charge >= 0.3 is 0 Å². The van der Waals surface area contributed by atoms with Crippen LogP contribution in [0.1, 0.15) is 27.7 Å². The summed E-state index contributed by atoms with van der Waals surface area (Å²) in [6.07, 6.45) is 1.78. The molecule has 0 aliphatic carbocycles. The van der Waals surface area contributed by atoms with Gasteiger partial charge in [0.25, 0.3) is 5.91 Å². The van der Waals surface area contributed by atoms with Gasteiger partial charge in [0.15, 0.2) is 0 Å². The zero-order chi connectivity index (χ0) is 13.4. The molecule has 0 spiro atoms. The lowest BCUT2D eigenvalue weighted by molar-refractivity contribution is 0.0992. The number of nitrogens with two attached hydrogens (primary N) is 1. The Hall–Kier alpha value is -1.81. The fourth-order valence-corrected chi connectivity index (χ4v) is 3.50. The van der Waals surface area contributed by atoms with Crippen LogP contribution in [0.3, 0.4) is 0 Å². The highest BCUT2D eigenvalue weighted by Crippen LogP contribution is 2.32. The number of carbonyl (C=O) groups is 1. The van der Waals surface area contributed by atoms with Gasteiger partial charge < -0.3 is 10.6 Å². The molecular formula is C15H16N2OS. The second kappa shape index (κ2) is 4.70. The van der Waals surface area contributed by atoms with E-state index in [4.69, 9.17) is 5.73 Å². The molecule has 0 fully saturated rings. The molecule has 0 radical (unpaired) electrons. The first-order valence-electron chi connectivity index (χ1n) is 6.47. The Balaban J connectivity index is 1.96. The molecule has 2 aromatic rings. The SMILES string of the molecule is CCc1ccsc1C(=O)N1CCc2cc(N)ccc21. The van der Waals surface area contributed by atoms with Crippen LogP contribution in [0.5, 0.6) is 0 Å². The van der Waals surface area contributed by atoms with Crippen molar-refractivity contribution in [2.45, 2.75) is 19.8 Å². The number of nitrogens with zero attached hydrogens (tertiary/aromatic N) is 1. The van der Waals surface area contributed by atoms with Crippen molar-refractivity contribution in [1.82, 2.24) is 0 Å². The summed E-state index contributed by atoms with van der Waals surface area (Å²) in [6, 6.07) is 7.82. The molecule has 98 valence electrons. The normalized spacial score (nSPS) is 13.6. The summed E-state index contributed by atoms with van der Waals surface area (Å²) in [5.41, 5.74) is 9.87. The van der Waals surface area contributed by atoms with Crippen molar-refractivity contribution in [2.75, 3.05) is 17.2 Å². The van der Waals surface area contributed by atoms with Gasteiger partial charge in [-0.2, -0.15) is 0 Å². The fraction of sp³-hybridized carbons (Fsp3) is 0.267. The second-order valence-electron chi connectivity index (χ2n) is 4.72. The summed E-state index contributed by atoms with van der Waals surface area (Å²) in [5, 5.41) is 1.99. The van der Waals surface area contributed by atoms with E-state index in [9.17, 15) is 4.79 Å². The van der Waals surface area contributed by atoms with Crippen LogP contribution in [0.15, 0.2) is 29.6 Å². The third-order valence-corrected chi connectivity index (χ3v) is 4.51.